The Labute approximate surface area is 130 Å². The van der Waals surface area contributed by atoms with E-state index in [1.807, 2.05) is 32.0 Å². The molecule has 0 radical (unpaired) electrons. The zero-order valence-corrected chi connectivity index (χ0v) is 13.2. The van der Waals surface area contributed by atoms with Crippen LogP contribution in [0.2, 0.25) is 0 Å². The SMILES string of the molecule is Cc1[nH]c(=O)n(CCC(=O)Nc2ccc3ncsc3c2)c1C. The maximum Gasteiger partial charge on any atom is 0.325 e. The first kappa shape index (κ1) is 14.5. The van der Waals surface area contributed by atoms with Crippen LogP contribution in [0.4, 0.5) is 5.69 Å². The van der Waals surface area contributed by atoms with Crippen molar-refractivity contribution in [2.45, 2.75) is 26.8 Å². The molecular weight excluding hydrogens is 300 g/mol. The maximum atomic E-state index is 12.0. The molecule has 3 aromatic rings. The van der Waals surface area contributed by atoms with Gasteiger partial charge in [0.05, 0.1) is 15.7 Å². The summed E-state index contributed by atoms with van der Waals surface area (Å²) in [6, 6.07) is 5.62. The second kappa shape index (κ2) is 5.76. The van der Waals surface area contributed by atoms with Crippen LogP contribution in [-0.2, 0) is 11.3 Å². The Hall–Kier alpha value is -2.41. The van der Waals surface area contributed by atoms with Gasteiger partial charge in [-0.2, -0.15) is 0 Å². The highest BCUT2D eigenvalue weighted by atomic mass is 32.1. The Balaban J connectivity index is 1.66. The highest BCUT2D eigenvalue weighted by Gasteiger charge is 2.09. The Morgan fingerprint density at radius 1 is 1.41 bits per heavy atom. The third-order valence-corrected chi connectivity index (χ3v) is 4.46. The number of hydrogen-bond donors (Lipinski definition) is 2. The van der Waals surface area contributed by atoms with E-state index in [2.05, 4.69) is 15.3 Å². The van der Waals surface area contributed by atoms with Crippen molar-refractivity contribution in [3.8, 4) is 0 Å². The van der Waals surface area contributed by atoms with Gasteiger partial charge in [0.15, 0.2) is 0 Å². The number of benzene rings is 1. The molecule has 2 aromatic heterocycles. The Bertz CT molecular complexity index is 890. The summed E-state index contributed by atoms with van der Waals surface area (Å²) in [5.41, 5.74) is 4.97. The minimum Gasteiger partial charge on any atom is -0.326 e. The second-order valence-corrected chi connectivity index (χ2v) is 6.01. The van der Waals surface area contributed by atoms with Crippen molar-refractivity contribution in [3.63, 3.8) is 0 Å². The number of aryl methyl sites for hydroxylation is 1. The molecule has 0 bridgehead atoms. The summed E-state index contributed by atoms with van der Waals surface area (Å²) in [5.74, 6) is -0.117. The number of aromatic amines is 1. The Morgan fingerprint density at radius 3 is 2.95 bits per heavy atom. The number of carbonyl (C=O) groups is 1. The molecule has 1 aromatic carbocycles. The Kier molecular flexibility index (Phi) is 3.81. The van der Waals surface area contributed by atoms with E-state index in [1.54, 1.807) is 10.1 Å². The van der Waals surface area contributed by atoms with Crippen LogP contribution >= 0.6 is 11.3 Å². The second-order valence-electron chi connectivity index (χ2n) is 5.13. The highest BCUT2D eigenvalue weighted by Crippen LogP contribution is 2.21. The molecule has 114 valence electrons. The zero-order valence-electron chi connectivity index (χ0n) is 12.3. The lowest BCUT2D eigenvalue weighted by Gasteiger charge is -2.07. The Morgan fingerprint density at radius 2 is 2.23 bits per heavy atom. The summed E-state index contributed by atoms with van der Waals surface area (Å²) in [6.45, 7) is 4.07. The van der Waals surface area contributed by atoms with Gasteiger partial charge in [-0.3, -0.25) is 9.36 Å². The molecule has 0 spiro atoms. The monoisotopic (exact) mass is 316 g/mol. The first-order chi connectivity index (χ1) is 10.5. The van der Waals surface area contributed by atoms with Crippen LogP contribution in [0.5, 0.6) is 0 Å². The number of amides is 1. The summed E-state index contributed by atoms with van der Waals surface area (Å²) in [4.78, 5) is 30.7. The maximum absolute atomic E-state index is 12.0. The summed E-state index contributed by atoms with van der Waals surface area (Å²) < 4.78 is 2.62. The van der Waals surface area contributed by atoms with Gasteiger partial charge in [0.1, 0.15) is 0 Å². The number of imidazole rings is 1. The number of rotatable bonds is 4. The third-order valence-electron chi connectivity index (χ3n) is 3.66. The quantitative estimate of drug-likeness (QED) is 0.776. The summed E-state index contributed by atoms with van der Waals surface area (Å²) >= 11 is 1.53. The van der Waals surface area contributed by atoms with Crippen molar-refractivity contribution in [1.29, 1.82) is 0 Å². The van der Waals surface area contributed by atoms with Crippen LogP contribution in [0.15, 0.2) is 28.5 Å². The number of aromatic nitrogens is 3. The zero-order chi connectivity index (χ0) is 15.7. The van der Waals surface area contributed by atoms with Gasteiger partial charge in [-0.25, -0.2) is 9.78 Å². The normalized spacial score (nSPS) is 11.0. The molecule has 0 aliphatic carbocycles. The van der Waals surface area contributed by atoms with Gasteiger partial charge in [0.25, 0.3) is 0 Å². The molecule has 2 N–H and O–H groups in total. The molecule has 0 saturated carbocycles. The minimum atomic E-state index is -0.172. The average molecular weight is 316 g/mol. The first-order valence-electron chi connectivity index (χ1n) is 6.93. The molecule has 2 heterocycles. The van der Waals surface area contributed by atoms with Crippen LogP contribution in [0.3, 0.4) is 0 Å². The summed E-state index contributed by atoms with van der Waals surface area (Å²) in [5, 5.41) is 2.85. The van der Waals surface area contributed by atoms with Crippen molar-refractivity contribution < 1.29 is 4.79 Å². The fourth-order valence-corrected chi connectivity index (χ4v) is 3.03. The first-order valence-corrected chi connectivity index (χ1v) is 7.81. The predicted octanol–water partition coefficient (Wildman–Crippen LogP) is 2.43. The topological polar surface area (TPSA) is 79.8 Å². The highest BCUT2D eigenvalue weighted by molar-refractivity contribution is 7.16. The van der Waals surface area contributed by atoms with Crippen molar-refractivity contribution in [2.24, 2.45) is 0 Å². The van der Waals surface area contributed by atoms with E-state index >= 15 is 0 Å². The number of anilines is 1. The van der Waals surface area contributed by atoms with Crippen LogP contribution in [0, 0.1) is 13.8 Å². The number of nitrogens with zero attached hydrogens (tertiary/aromatic N) is 2. The molecule has 0 aliphatic rings. The van der Waals surface area contributed by atoms with Crippen molar-refractivity contribution in [2.75, 3.05) is 5.32 Å². The predicted molar refractivity (Wildman–Crippen MR) is 87.4 cm³/mol. The number of H-pyrrole nitrogens is 1. The molecule has 0 fully saturated rings. The number of nitrogens with one attached hydrogen (secondary N) is 2. The van der Waals surface area contributed by atoms with E-state index in [-0.39, 0.29) is 18.0 Å². The number of thiazole rings is 1. The number of carbonyl (C=O) groups excluding carboxylic acids is 1. The van der Waals surface area contributed by atoms with Crippen LogP contribution in [-0.4, -0.2) is 20.4 Å². The lowest BCUT2D eigenvalue weighted by Crippen LogP contribution is -2.22. The molecule has 0 saturated heterocycles. The largest absolute Gasteiger partial charge is 0.326 e. The molecule has 3 rings (SSSR count). The molecule has 0 aliphatic heterocycles. The minimum absolute atomic E-state index is 0.117. The lowest BCUT2D eigenvalue weighted by molar-refractivity contribution is -0.116. The van der Waals surface area contributed by atoms with Crippen LogP contribution in [0.25, 0.3) is 10.2 Å². The van der Waals surface area contributed by atoms with Crippen molar-refractivity contribution in [3.05, 3.63) is 45.6 Å². The van der Waals surface area contributed by atoms with Gasteiger partial charge >= 0.3 is 5.69 Å². The van der Waals surface area contributed by atoms with Crippen molar-refractivity contribution in [1.82, 2.24) is 14.5 Å². The molecule has 0 atom stereocenters. The van der Waals surface area contributed by atoms with Gasteiger partial charge < -0.3 is 10.3 Å². The van der Waals surface area contributed by atoms with E-state index in [4.69, 9.17) is 0 Å². The van der Waals surface area contributed by atoms with Gasteiger partial charge in [0.2, 0.25) is 5.91 Å². The molecule has 1 amide bonds. The van der Waals surface area contributed by atoms with Crippen molar-refractivity contribution >= 4 is 33.1 Å². The molecular formula is C15H16N4O2S. The standard InChI is InChI=1S/C15H16N4O2S/c1-9-10(2)19(15(21)17-9)6-5-14(20)18-11-3-4-12-13(7-11)22-8-16-12/h3-4,7-8H,5-6H2,1-2H3,(H,17,21)(H,18,20). The molecule has 7 heteroatoms. The van der Waals surface area contributed by atoms with E-state index in [0.29, 0.717) is 6.54 Å². The van der Waals surface area contributed by atoms with E-state index in [9.17, 15) is 9.59 Å². The average Bonchev–Trinajstić information content (AvgIpc) is 3.02. The van der Waals surface area contributed by atoms with Gasteiger partial charge in [-0.15, -0.1) is 11.3 Å². The van der Waals surface area contributed by atoms with Gasteiger partial charge in [-0.1, -0.05) is 0 Å². The smallest absolute Gasteiger partial charge is 0.325 e. The third kappa shape index (κ3) is 2.80. The lowest BCUT2D eigenvalue weighted by atomic mass is 10.3. The fourth-order valence-electron chi connectivity index (χ4n) is 2.31. The number of hydrogen-bond acceptors (Lipinski definition) is 4. The molecule has 6 nitrogen and oxygen atoms in total. The van der Waals surface area contributed by atoms with E-state index in [1.165, 1.54) is 11.3 Å². The molecule has 0 unspecified atom stereocenters. The summed E-state index contributed by atoms with van der Waals surface area (Å²) in [6.07, 6.45) is 0.249. The van der Waals surface area contributed by atoms with Gasteiger partial charge in [0, 0.05) is 30.0 Å². The summed E-state index contributed by atoms with van der Waals surface area (Å²) in [7, 11) is 0. The van der Waals surface area contributed by atoms with Gasteiger partial charge in [-0.05, 0) is 32.0 Å². The molecule has 22 heavy (non-hydrogen) atoms. The van der Waals surface area contributed by atoms with Crippen LogP contribution < -0.4 is 11.0 Å². The van der Waals surface area contributed by atoms with E-state index in [0.717, 1.165) is 27.3 Å². The van der Waals surface area contributed by atoms with Crippen LogP contribution in [0.1, 0.15) is 17.8 Å². The number of fused-ring (bicyclic) bond motifs is 1. The van der Waals surface area contributed by atoms with E-state index < -0.39 is 0 Å². The fraction of sp³-hybridized carbons (Fsp3) is 0.267.